The molecule has 66 heavy (non-hydrogen) atoms. The second kappa shape index (κ2) is 17.6. The van der Waals surface area contributed by atoms with Gasteiger partial charge in [0.2, 0.25) is 0 Å². The van der Waals surface area contributed by atoms with Gasteiger partial charge in [0, 0.05) is 73.2 Å². The number of ether oxygens (including phenoxy) is 2. The number of methoxy groups -OCH3 is 2. The van der Waals surface area contributed by atoms with E-state index in [2.05, 4.69) is 135 Å². The Hall–Kier alpha value is -6.16. The first-order valence-corrected chi connectivity index (χ1v) is 23.8. The van der Waals surface area contributed by atoms with E-state index in [-0.39, 0.29) is 11.9 Å². The van der Waals surface area contributed by atoms with Gasteiger partial charge in [-0.3, -0.25) is 0 Å². The van der Waals surface area contributed by atoms with Crippen molar-refractivity contribution in [3.63, 3.8) is 0 Å². The van der Waals surface area contributed by atoms with E-state index in [9.17, 15) is 9.59 Å². The highest BCUT2D eigenvalue weighted by Crippen LogP contribution is 2.47. The Morgan fingerprint density at radius 1 is 0.576 bits per heavy atom. The van der Waals surface area contributed by atoms with E-state index in [4.69, 9.17) is 19.4 Å². The number of fused-ring (bicyclic) bond motifs is 4. The van der Waals surface area contributed by atoms with Crippen LogP contribution in [0.15, 0.2) is 97.3 Å². The predicted molar refractivity (Wildman–Crippen MR) is 265 cm³/mol. The second-order valence-electron chi connectivity index (χ2n) is 21.2. The Morgan fingerprint density at radius 2 is 0.970 bits per heavy atom. The zero-order chi connectivity index (χ0) is 46.7. The molecule has 4 heterocycles. The fourth-order valence-electron chi connectivity index (χ4n) is 12.3. The number of carbonyl (C=O) groups is 2. The lowest BCUT2D eigenvalue weighted by Gasteiger charge is -2.40. The highest BCUT2D eigenvalue weighted by Gasteiger charge is 2.36. The standard InChI is InChI=1S/2C28H33N3O2/c2*1-18-12-21(16-28(2,3)15-18)31-25-11-10-19(27(32)33-5)13-23(25)29-26(31)14-20-17-30(4)24-9-7-6-8-22(20)24/h2*6-11,13,17-18,21H,12,14-16H2,1-5H3/t2*18-,21+/m10/s1. The first kappa shape index (κ1) is 45.0. The first-order chi connectivity index (χ1) is 31.5. The summed E-state index contributed by atoms with van der Waals surface area (Å²) in [6, 6.07) is 29.4. The maximum Gasteiger partial charge on any atom is 0.337 e. The predicted octanol–water partition coefficient (Wildman–Crippen LogP) is 12.6. The molecule has 4 aromatic carbocycles. The third-order valence-electron chi connectivity index (χ3n) is 14.5. The lowest BCUT2D eigenvalue weighted by atomic mass is 9.70. The van der Waals surface area contributed by atoms with Gasteiger partial charge in [0.1, 0.15) is 11.6 Å². The summed E-state index contributed by atoms with van der Waals surface area (Å²) in [5, 5.41) is 2.54. The summed E-state index contributed by atoms with van der Waals surface area (Å²) < 4.78 is 19.2. The Labute approximate surface area is 388 Å². The van der Waals surface area contributed by atoms with Crippen molar-refractivity contribution in [3.8, 4) is 0 Å². The van der Waals surface area contributed by atoms with Crippen molar-refractivity contribution in [2.45, 2.75) is 105 Å². The number of benzene rings is 4. The molecule has 0 aliphatic heterocycles. The topological polar surface area (TPSA) is 98.1 Å². The number of aromatic nitrogens is 6. The van der Waals surface area contributed by atoms with Crippen LogP contribution in [0.1, 0.15) is 136 Å². The van der Waals surface area contributed by atoms with Crippen molar-refractivity contribution in [1.29, 1.82) is 0 Å². The van der Waals surface area contributed by atoms with Crippen molar-refractivity contribution >= 4 is 55.8 Å². The summed E-state index contributed by atoms with van der Waals surface area (Å²) in [5.74, 6) is 2.81. The van der Waals surface area contributed by atoms with Gasteiger partial charge in [-0.15, -0.1) is 0 Å². The number of carbonyl (C=O) groups excluding carboxylic acids is 2. The quantitative estimate of drug-likeness (QED) is 0.141. The van der Waals surface area contributed by atoms with Gasteiger partial charge in [-0.2, -0.15) is 0 Å². The van der Waals surface area contributed by atoms with Gasteiger partial charge in [0.15, 0.2) is 0 Å². The van der Waals surface area contributed by atoms with E-state index in [0.717, 1.165) is 72.2 Å². The molecular formula is C56H66N6O4. The van der Waals surface area contributed by atoms with Crippen LogP contribution >= 0.6 is 0 Å². The van der Waals surface area contributed by atoms with Gasteiger partial charge < -0.3 is 27.7 Å². The molecule has 8 aromatic rings. The Morgan fingerprint density at radius 3 is 1.35 bits per heavy atom. The number of hydrogen-bond acceptors (Lipinski definition) is 6. The van der Waals surface area contributed by atoms with Gasteiger partial charge in [-0.05, 0) is 121 Å². The number of para-hydroxylation sites is 2. The number of nitrogens with zero attached hydrogens (tertiary/aromatic N) is 6. The third kappa shape index (κ3) is 8.79. The molecule has 10 nitrogen and oxygen atoms in total. The highest BCUT2D eigenvalue weighted by atomic mass is 16.5. The monoisotopic (exact) mass is 887 g/mol. The number of hydrogen-bond donors (Lipinski definition) is 0. The summed E-state index contributed by atoms with van der Waals surface area (Å²) in [7, 11) is 7.04. The fourth-order valence-corrected chi connectivity index (χ4v) is 12.3. The molecule has 0 amide bonds. The van der Waals surface area contributed by atoms with Crippen molar-refractivity contribution in [3.05, 3.63) is 131 Å². The maximum atomic E-state index is 12.2. The molecule has 2 fully saturated rings. The molecule has 0 saturated heterocycles. The molecule has 2 aliphatic carbocycles. The van der Waals surface area contributed by atoms with Crippen molar-refractivity contribution in [2.75, 3.05) is 14.2 Å². The molecule has 2 saturated carbocycles. The number of rotatable bonds is 8. The van der Waals surface area contributed by atoms with Crippen molar-refractivity contribution in [2.24, 2.45) is 36.8 Å². The van der Waals surface area contributed by atoms with E-state index in [1.54, 1.807) is 0 Å². The summed E-state index contributed by atoms with van der Waals surface area (Å²) in [6.45, 7) is 14.3. The van der Waals surface area contributed by atoms with E-state index < -0.39 is 0 Å². The summed E-state index contributed by atoms with van der Waals surface area (Å²) >= 11 is 0. The minimum Gasteiger partial charge on any atom is -0.465 e. The summed E-state index contributed by atoms with van der Waals surface area (Å²) in [6.07, 6.45) is 13.0. The SMILES string of the molecule is COC(=O)c1ccc2c(c1)nc(Cc1cn(C)c3ccccc13)n2[C@@H]1C[C@H](C)CC(C)(C)C1.COC(=O)c1ccc2c(c1)nc(Cc1cn(C)c3ccccc13)n2[C@H]1C[C@@H](C)CC(C)(C)C1. The van der Waals surface area contributed by atoms with E-state index in [1.807, 2.05) is 36.4 Å². The molecule has 0 N–H and O–H groups in total. The van der Waals surface area contributed by atoms with Crippen LogP contribution in [0.2, 0.25) is 0 Å². The molecule has 0 unspecified atom stereocenters. The molecule has 0 radical (unpaired) electrons. The molecule has 10 rings (SSSR count). The van der Waals surface area contributed by atoms with Crippen molar-refractivity contribution < 1.29 is 19.1 Å². The van der Waals surface area contributed by atoms with Crippen LogP contribution in [-0.4, -0.2) is 54.4 Å². The van der Waals surface area contributed by atoms with Crippen molar-refractivity contribution in [1.82, 2.24) is 28.2 Å². The molecule has 2 aliphatic rings. The normalized spacial score (nSPS) is 20.4. The Balaban J connectivity index is 0.000000166. The molecule has 0 bridgehead atoms. The summed E-state index contributed by atoms with van der Waals surface area (Å²) in [4.78, 5) is 34.5. The summed E-state index contributed by atoms with van der Waals surface area (Å²) in [5.41, 5.74) is 10.6. The number of esters is 2. The molecule has 4 atom stereocenters. The van der Waals surface area contributed by atoms with Crippen LogP contribution in [0.4, 0.5) is 0 Å². The van der Waals surface area contributed by atoms with Crippen LogP contribution in [0.25, 0.3) is 43.9 Å². The highest BCUT2D eigenvalue weighted by molar-refractivity contribution is 5.95. The average molecular weight is 887 g/mol. The van der Waals surface area contributed by atoms with Crippen LogP contribution < -0.4 is 0 Å². The third-order valence-corrected chi connectivity index (χ3v) is 14.5. The van der Waals surface area contributed by atoms with E-state index in [0.29, 0.717) is 45.9 Å². The van der Waals surface area contributed by atoms with Crippen LogP contribution in [0, 0.1) is 22.7 Å². The van der Waals surface area contributed by atoms with Gasteiger partial charge in [-0.1, -0.05) is 77.9 Å². The van der Waals surface area contributed by atoms with Crippen LogP contribution in [0.5, 0.6) is 0 Å². The van der Waals surface area contributed by atoms with Gasteiger partial charge in [0.05, 0.1) is 47.4 Å². The fraction of sp³-hybridized carbons (Fsp3) is 0.429. The minimum absolute atomic E-state index is 0.293. The van der Waals surface area contributed by atoms with E-state index in [1.165, 1.54) is 60.0 Å². The molecule has 4 aromatic heterocycles. The molecule has 344 valence electrons. The smallest absolute Gasteiger partial charge is 0.337 e. The molecular weight excluding hydrogens is 821 g/mol. The molecule has 0 spiro atoms. The van der Waals surface area contributed by atoms with Gasteiger partial charge >= 0.3 is 11.9 Å². The van der Waals surface area contributed by atoms with Crippen LogP contribution in [-0.2, 0) is 36.4 Å². The Kier molecular flexibility index (Phi) is 12.0. The molecule has 10 heteroatoms. The number of imidazole rings is 2. The maximum absolute atomic E-state index is 12.2. The zero-order valence-corrected chi connectivity index (χ0v) is 40.5. The lowest BCUT2D eigenvalue weighted by molar-refractivity contribution is 0.0592. The largest absolute Gasteiger partial charge is 0.465 e. The van der Waals surface area contributed by atoms with Gasteiger partial charge in [-0.25, -0.2) is 19.6 Å². The first-order valence-electron chi connectivity index (χ1n) is 23.8. The average Bonchev–Trinajstić information content (AvgIpc) is 4.01. The second-order valence-corrected chi connectivity index (χ2v) is 21.2. The van der Waals surface area contributed by atoms with E-state index >= 15 is 0 Å². The Bertz CT molecular complexity index is 2900. The van der Waals surface area contributed by atoms with Gasteiger partial charge in [0.25, 0.3) is 0 Å². The zero-order valence-electron chi connectivity index (χ0n) is 40.5. The van der Waals surface area contributed by atoms with Crippen LogP contribution in [0.3, 0.4) is 0 Å². The number of aryl methyl sites for hydroxylation is 2. The minimum atomic E-state index is -0.325. The lowest BCUT2D eigenvalue weighted by Crippen LogP contribution is -2.30.